The molecule has 0 amide bonds. The Balaban J connectivity index is 2.30. The predicted molar refractivity (Wildman–Crippen MR) is 110 cm³/mol. The van der Waals surface area contributed by atoms with Gasteiger partial charge in [0.25, 0.3) is 0 Å². The summed E-state index contributed by atoms with van der Waals surface area (Å²) in [7, 11) is 1.75. The number of methoxy groups -OCH3 is 1. The van der Waals surface area contributed by atoms with Crippen LogP contribution < -0.4 is 4.74 Å². The molecule has 0 aromatic heterocycles. The van der Waals surface area contributed by atoms with Crippen LogP contribution in [0.25, 0.3) is 12.2 Å². The Hall–Kier alpha value is -1.06. The van der Waals surface area contributed by atoms with E-state index in [1.165, 1.54) is 22.3 Å². The number of hydrogen-bond acceptors (Lipinski definition) is 1. The summed E-state index contributed by atoms with van der Waals surface area (Å²) < 4.78 is 5.81. The quantitative estimate of drug-likeness (QED) is 0.423. The van der Waals surface area contributed by atoms with Gasteiger partial charge in [-0.1, -0.05) is 95.1 Å². The number of fused-ring (bicyclic) bond motifs is 3. The highest BCUT2D eigenvalue weighted by atomic mass is 79.9. The Labute approximate surface area is 161 Å². The molecule has 2 aliphatic rings. The van der Waals surface area contributed by atoms with Crippen LogP contribution in [0, 0.1) is 0 Å². The zero-order chi connectivity index (χ0) is 17.5. The van der Waals surface area contributed by atoms with Crippen LogP contribution in [0.4, 0.5) is 0 Å². The lowest BCUT2D eigenvalue weighted by atomic mass is 9.84. The molecule has 2 aliphatic carbocycles. The first kappa shape index (κ1) is 17.8. The van der Waals surface area contributed by atoms with Gasteiger partial charge in [0.15, 0.2) is 0 Å². The van der Waals surface area contributed by atoms with E-state index in [9.17, 15) is 0 Å². The number of rotatable bonds is 1. The minimum absolute atomic E-state index is 0.0775. The number of alkyl halides is 2. The standard InChI is InChI=1S/C21H22Br2O/c1-21(2,3)16-11-15-10-7-13-5-8-14(9-6-13)18(22)19(23)17(12-16)20(15)24-4/h5-12,18-19H,1-4H3/b10-7-/t18-,19-/m0/s1. The fourth-order valence-electron chi connectivity index (χ4n) is 2.98. The van der Waals surface area contributed by atoms with E-state index in [1.54, 1.807) is 7.11 Å². The molecule has 0 radical (unpaired) electrons. The van der Waals surface area contributed by atoms with Crippen molar-refractivity contribution >= 4 is 44.0 Å². The fraction of sp³-hybridized carbons (Fsp3) is 0.333. The molecule has 0 aliphatic heterocycles. The summed E-state index contributed by atoms with van der Waals surface area (Å²) in [4.78, 5) is 0.285. The third kappa shape index (κ3) is 3.34. The van der Waals surface area contributed by atoms with E-state index in [0.717, 1.165) is 11.3 Å². The highest BCUT2D eigenvalue weighted by Gasteiger charge is 2.27. The van der Waals surface area contributed by atoms with E-state index in [0.29, 0.717) is 0 Å². The van der Waals surface area contributed by atoms with Crippen molar-refractivity contribution in [2.75, 3.05) is 7.11 Å². The van der Waals surface area contributed by atoms with Crippen LogP contribution in [0.2, 0.25) is 0 Å². The molecule has 0 saturated carbocycles. The Kier molecular flexibility index (Phi) is 4.94. The topological polar surface area (TPSA) is 9.23 Å². The third-order valence-corrected chi connectivity index (χ3v) is 7.27. The van der Waals surface area contributed by atoms with Crippen LogP contribution in [0.15, 0.2) is 36.4 Å². The maximum atomic E-state index is 5.81. The highest BCUT2D eigenvalue weighted by Crippen LogP contribution is 2.48. The molecular formula is C21H22Br2O. The van der Waals surface area contributed by atoms with Gasteiger partial charge in [-0.05, 0) is 28.2 Å². The van der Waals surface area contributed by atoms with E-state index in [1.807, 2.05) is 0 Å². The number of halogens is 2. The van der Waals surface area contributed by atoms with Gasteiger partial charge in [-0.15, -0.1) is 0 Å². The molecule has 0 spiro atoms. The second-order valence-electron chi connectivity index (χ2n) is 7.24. The monoisotopic (exact) mass is 448 g/mol. The highest BCUT2D eigenvalue weighted by molar-refractivity contribution is 9.12. The second-order valence-corrected chi connectivity index (χ2v) is 9.21. The minimum Gasteiger partial charge on any atom is -0.496 e. The van der Waals surface area contributed by atoms with E-state index in [4.69, 9.17) is 4.74 Å². The molecular weight excluding hydrogens is 428 g/mol. The van der Waals surface area contributed by atoms with Crippen molar-refractivity contribution in [1.82, 2.24) is 0 Å². The molecule has 0 unspecified atom stereocenters. The van der Waals surface area contributed by atoms with Crippen molar-refractivity contribution in [3.05, 3.63) is 64.2 Å². The number of hydrogen-bond donors (Lipinski definition) is 0. The first-order valence-electron chi connectivity index (χ1n) is 8.10. The summed E-state index contributed by atoms with van der Waals surface area (Å²) in [5.41, 5.74) is 6.13. The summed E-state index contributed by atoms with van der Waals surface area (Å²) >= 11 is 7.78. The number of ether oxygens (including phenoxy) is 1. The predicted octanol–water partition coefficient (Wildman–Crippen LogP) is 7.05. The summed E-state index contributed by atoms with van der Waals surface area (Å²) in [6, 6.07) is 13.2. The average Bonchev–Trinajstić information content (AvgIpc) is 2.58. The van der Waals surface area contributed by atoms with Gasteiger partial charge < -0.3 is 4.74 Å². The molecule has 126 valence electrons. The van der Waals surface area contributed by atoms with E-state index >= 15 is 0 Å². The summed E-state index contributed by atoms with van der Waals surface area (Å²) in [5.74, 6) is 0.938. The lowest BCUT2D eigenvalue weighted by molar-refractivity contribution is 0.407. The van der Waals surface area contributed by atoms with E-state index < -0.39 is 0 Å². The van der Waals surface area contributed by atoms with Gasteiger partial charge in [-0.2, -0.15) is 0 Å². The minimum atomic E-state index is 0.0775. The van der Waals surface area contributed by atoms with Crippen LogP contribution in [-0.4, -0.2) is 7.11 Å². The summed E-state index contributed by atoms with van der Waals surface area (Å²) in [5, 5.41) is 0. The van der Waals surface area contributed by atoms with Crippen LogP contribution in [0.3, 0.4) is 0 Å². The van der Waals surface area contributed by atoms with Crippen LogP contribution in [0.1, 0.15) is 58.2 Å². The van der Waals surface area contributed by atoms with Gasteiger partial charge in [0.1, 0.15) is 5.75 Å². The molecule has 0 saturated heterocycles. The summed E-state index contributed by atoms with van der Waals surface area (Å²) in [6.07, 6.45) is 4.30. The van der Waals surface area contributed by atoms with Gasteiger partial charge in [0.2, 0.25) is 0 Å². The van der Waals surface area contributed by atoms with Crippen LogP contribution in [0.5, 0.6) is 5.75 Å². The van der Waals surface area contributed by atoms with Crippen molar-refractivity contribution in [2.24, 2.45) is 0 Å². The largest absolute Gasteiger partial charge is 0.496 e. The second kappa shape index (κ2) is 6.68. The molecule has 4 rings (SSSR count). The lowest BCUT2D eigenvalue weighted by Gasteiger charge is -2.26. The molecule has 4 bridgehead atoms. The SMILES string of the molecule is COc1c2cc(C(C)(C)C)cc1[C@H](Br)[C@@H](Br)c1ccc(cc1)/C=C\2. The van der Waals surface area contributed by atoms with Crippen molar-refractivity contribution in [3.63, 3.8) is 0 Å². The molecule has 2 atom stereocenters. The Morgan fingerprint density at radius 3 is 2.17 bits per heavy atom. The molecule has 1 nitrogen and oxygen atoms in total. The van der Waals surface area contributed by atoms with Gasteiger partial charge in [-0.25, -0.2) is 0 Å². The van der Waals surface area contributed by atoms with Gasteiger partial charge in [-0.3, -0.25) is 0 Å². The van der Waals surface area contributed by atoms with Crippen molar-refractivity contribution < 1.29 is 4.74 Å². The van der Waals surface area contributed by atoms with Gasteiger partial charge in [0.05, 0.1) is 16.8 Å². The van der Waals surface area contributed by atoms with Gasteiger partial charge >= 0.3 is 0 Å². The zero-order valence-corrected chi connectivity index (χ0v) is 17.6. The van der Waals surface area contributed by atoms with Crippen LogP contribution in [-0.2, 0) is 5.41 Å². The summed E-state index contributed by atoms with van der Waals surface area (Å²) in [6.45, 7) is 6.74. The smallest absolute Gasteiger partial charge is 0.130 e. The maximum Gasteiger partial charge on any atom is 0.130 e. The third-order valence-electron chi connectivity index (χ3n) is 4.48. The first-order chi connectivity index (χ1) is 11.3. The number of benzene rings is 2. The maximum absolute atomic E-state index is 5.81. The molecule has 2 aromatic carbocycles. The molecule has 24 heavy (non-hydrogen) atoms. The fourth-order valence-corrected chi connectivity index (χ4v) is 4.21. The average molecular weight is 450 g/mol. The normalized spacial score (nSPS) is 21.2. The Bertz CT molecular complexity index is 770. The zero-order valence-electron chi connectivity index (χ0n) is 14.4. The van der Waals surface area contributed by atoms with Crippen molar-refractivity contribution in [3.8, 4) is 5.75 Å². The molecule has 0 N–H and O–H groups in total. The van der Waals surface area contributed by atoms with E-state index in [-0.39, 0.29) is 15.1 Å². The molecule has 0 heterocycles. The van der Waals surface area contributed by atoms with E-state index in [2.05, 4.69) is 101 Å². The molecule has 3 heteroatoms. The van der Waals surface area contributed by atoms with Gasteiger partial charge in [0, 0.05) is 11.1 Å². The first-order valence-corrected chi connectivity index (χ1v) is 9.93. The molecule has 2 aromatic rings. The van der Waals surface area contributed by atoms with Crippen molar-refractivity contribution in [1.29, 1.82) is 0 Å². The Morgan fingerprint density at radius 2 is 1.58 bits per heavy atom. The Morgan fingerprint density at radius 1 is 0.917 bits per heavy atom. The van der Waals surface area contributed by atoms with Crippen LogP contribution >= 0.6 is 31.9 Å². The lowest BCUT2D eigenvalue weighted by Crippen LogP contribution is -2.13. The van der Waals surface area contributed by atoms with Crippen molar-refractivity contribution in [2.45, 2.75) is 35.8 Å². The molecule has 0 fully saturated rings.